The summed E-state index contributed by atoms with van der Waals surface area (Å²) >= 11 is 1.56. The number of likely N-dealkylation sites (tertiary alicyclic amines) is 1. The zero-order valence-electron chi connectivity index (χ0n) is 21.8. The van der Waals surface area contributed by atoms with Crippen LogP contribution in [-0.2, 0) is 25.0 Å². The first-order valence-corrected chi connectivity index (χ1v) is 15.4. The van der Waals surface area contributed by atoms with Gasteiger partial charge >= 0.3 is 0 Å². The van der Waals surface area contributed by atoms with Gasteiger partial charge in [-0.15, -0.1) is 11.3 Å². The molecule has 3 aliphatic rings. The molecular weight excluding hydrogens is 524 g/mol. The van der Waals surface area contributed by atoms with Crippen molar-refractivity contribution in [3.63, 3.8) is 0 Å². The van der Waals surface area contributed by atoms with Crippen LogP contribution in [0.3, 0.4) is 0 Å². The molecule has 2 amide bonds. The number of rotatable bonds is 6. The minimum absolute atomic E-state index is 0.0640. The first-order chi connectivity index (χ1) is 18.0. The lowest BCUT2D eigenvalue weighted by Gasteiger charge is -2.37. The average Bonchev–Trinajstić information content (AvgIpc) is 3.60. The summed E-state index contributed by atoms with van der Waals surface area (Å²) in [6.45, 7) is 4.08. The third kappa shape index (κ3) is 4.72. The molecule has 4 heterocycles. The van der Waals surface area contributed by atoms with Gasteiger partial charge in [-0.05, 0) is 37.8 Å². The van der Waals surface area contributed by atoms with Crippen molar-refractivity contribution in [3.05, 3.63) is 41.0 Å². The van der Waals surface area contributed by atoms with Gasteiger partial charge in [0, 0.05) is 19.5 Å². The summed E-state index contributed by atoms with van der Waals surface area (Å²) in [7, 11) is -1.99. The third-order valence-corrected chi connectivity index (χ3v) is 10.7. The van der Waals surface area contributed by atoms with Gasteiger partial charge in [0.1, 0.15) is 17.4 Å². The number of amidine groups is 1. The quantitative estimate of drug-likeness (QED) is 0.477. The van der Waals surface area contributed by atoms with Crippen molar-refractivity contribution in [2.24, 2.45) is 4.99 Å². The third-order valence-electron chi connectivity index (χ3n) is 7.84. The Bertz CT molecular complexity index is 1380. The molecule has 38 heavy (non-hydrogen) atoms. The number of piperidine rings is 1. The number of aryl methyl sites for hydroxylation is 1. The van der Waals surface area contributed by atoms with E-state index in [1.165, 1.54) is 9.21 Å². The summed E-state index contributed by atoms with van der Waals surface area (Å²) in [6, 6.07) is 6.23. The van der Waals surface area contributed by atoms with Crippen molar-refractivity contribution in [2.45, 2.75) is 63.3 Å². The Labute approximate surface area is 228 Å². The second kappa shape index (κ2) is 10.2. The summed E-state index contributed by atoms with van der Waals surface area (Å²) in [5.41, 5.74) is 3.37. The minimum Gasteiger partial charge on any atom is -0.391 e. The number of carbonyl (C=O) groups is 2. The smallest absolute Gasteiger partial charge is 0.277 e. The summed E-state index contributed by atoms with van der Waals surface area (Å²) < 4.78 is 26.7. The van der Waals surface area contributed by atoms with Gasteiger partial charge in [0.05, 0.1) is 36.0 Å². The summed E-state index contributed by atoms with van der Waals surface area (Å²) in [5, 5.41) is 13.8. The van der Waals surface area contributed by atoms with E-state index in [4.69, 9.17) is 0 Å². The van der Waals surface area contributed by atoms with Crippen molar-refractivity contribution in [3.8, 4) is 10.4 Å². The first kappa shape index (κ1) is 27.0. The van der Waals surface area contributed by atoms with E-state index in [2.05, 4.69) is 15.3 Å². The van der Waals surface area contributed by atoms with Gasteiger partial charge in [-0.25, -0.2) is 17.7 Å². The largest absolute Gasteiger partial charge is 0.391 e. The molecule has 0 saturated carbocycles. The molecular formula is C24H31B2N5O5S2. The standard InChI is InChI=1S/C24H31B2N5O5S2/c1-14-20(37-13-27-14)15-6-8-16(9-7-15)24(2)23(34)28-21(29-24)19-11-17(32)12-30(19)22(33)18-5-3-4-10-31(18)38(35,36)26-25/h6-9,13,17-19,26,32H,3-5,10-12,25H2,1-2H3,(H,28,29,34). The van der Waals surface area contributed by atoms with E-state index in [1.807, 2.05) is 31.2 Å². The van der Waals surface area contributed by atoms with Crippen molar-refractivity contribution in [2.75, 3.05) is 13.1 Å². The molecule has 14 heteroatoms. The number of aromatic nitrogens is 1. The molecule has 0 aliphatic carbocycles. The molecule has 2 N–H and O–H groups in total. The average molecular weight is 555 g/mol. The maximum Gasteiger partial charge on any atom is 0.277 e. The fourth-order valence-corrected chi connectivity index (χ4v) is 7.74. The second-order valence-electron chi connectivity index (χ2n) is 10.3. The highest BCUT2D eigenvalue weighted by Crippen LogP contribution is 2.34. The van der Waals surface area contributed by atoms with Gasteiger partial charge in [0.25, 0.3) is 12.4 Å². The van der Waals surface area contributed by atoms with Crippen LogP contribution >= 0.6 is 11.3 Å². The zero-order valence-corrected chi connectivity index (χ0v) is 23.4. The topological polar surface area (TPSA) is 132 Å². The molecule has 5 rings (SSSR count). The van der Waals surface area contributed by atoms with Gasteiger partial charge in [-0.2, -0.15) is 4.99 Å². The van der Waals surface area contributed by atoms with Crippen LogP contribution in [-0.4, -0.2) is 90.8 Å². The first-order valence-electron chi connectivity index (χ1n) is 13.0. The normalized spacial score (nSPS) is 28.3. The number of aliphatic imine (C=N–C) groups is 1. The molecule has 1 aromatic heterocycles. The Balaban J connectivity index is 1.37. The molecule has 0 bridgehead atoms. The van der Waals surface area contributed by atoms with E-state index < -0.39 is 33.6 Å². The number of nitrogens with zero attached hydrogens (tertiary/aromatic N) is 4. The highest BCUT2D eigenvalue weighted by molar-refractivity contribution is 8.17. The molecule has 2 saturated heterocycles. The number of aliphatic hydroxyl groups excluding tert-OH is 1. The summed E-state index contributed by atoms with van der Waals surface area (Å²) in [6.07, 6.45) is 1.23. The van der Waals surface area contributed by atoms with Gasteiger partial charge in [-0.1, -0.05) is 30.7 Å². The lowest BCUT2D eigenvalue weighted by molar-refractivity contribution is -0.136. The second-order valence-corrected chi connectivity index (χ2v) is 13.4. The lowest BCUT2D eigenvalue weighted by atomic mass is 9.79. The van der Waals surface area contributed by atoms with E-state index in [9.17, 15) is 23.1 Å². The van der Waals surface area contributed by atoms with Gasteiger partial charge < -0.3 is 15.3 Å². The Morgan fingerprint density at radius 1 is 1.29 bits per heavy atom. The molecule has 2 fully saturated rings. The Hall–Kier alpha value is -2.54. The number of hydrogen-bond acceptors (Lipinski definition) is 8. The van der Waals surface area contributed by atoms with Crippen LogP contribution < -0.4 is 5.32 Å². The zero-order chi connectivity index (χ0) is 27.2. The van der Waals surface area contributed by atoms with Crippen LogP contribution in [0.1, 0.15) is 43.9 Å². The van der Waals surface area contributed by atoms with Crippen LogP contribution in [0.5, 0.6) is 0 Å². The van der Waals surface area contributed by atoms with Crippen LogP contribution in [0, 0.1) is 6.92 Å². The van der Waals surface area contributed by atoms with Gasteiger partial charge in [0.15, 0.2) is 9.87 Å². The van der Waals surface area contributed by atoms with Crippen molar-refractivity contribution >= 4 is 53.0 Å². The predicted molar refractivity (Wildman–Crippen MR) is 150 cm³/mol. The van der Waals surface area contributed by atoms with Crippen molar-refractivity contribution in [1.29, 1.82) is 0 Å². The SMILES string of the molecule is BBS(=O)(=O)N1CCCCC1C(=O)N1CC(O)CC1C1=NC(=O)C(C)(c2ccc(-c3scnc3C)cc2)N1. The Kier molecular flexibility index (Phi) is 7.27. The van der Waals surface area contributed by atoms with E-state index in [0.29, 0.717) is 25.2 Å². The molecule has 3 aliphatic heterocycles. The minimum atomic E-state index is -3.56. The molecule has 1 aromatic carbocycles. The molecule has 4 atom stereocenters. The van der Waals surface area contributed by atoms with Gasteiger partial charge in [0.2, 0.25) is 5.91 Å². The maximum atomic E-state index is 13.7. The number of carbonyl (C=O) groups excluding carboxylic acids is 2. The van der Waals surface area contributed by atoms with Crippen molar-refractivity contribution < 1.29 is 23.1 Å². The van der Waals surface area contributed by atoms with Crippen molar-refractivity contribution in [1.82, 2.24) is 19.5 Å². The summed E-state index contributed by atoms with van der Waals surface area (Å²) in [4.78, 5) is 38.1. The number of amides is 2. The monoisotopic (exact) mass is 555 g/mol. The fraction of sp³-hybridized carbons (Fsp3) is 0.500. The molecule has 200 valence electrons. The molecule has 0 spiro atoms. The van der Waals surface area contributed by atoms with E-state index >= 15 is 0 Å². The van der Waals surface area contributed by atoms with Gasteiger partial charge in [-0.3, -0.25) is 9.59 Å². The van der Waals surface area contributed by atoms with E-state index in [0.717, 1.165) is 28.1 Å². The van der Waals surface area contributed by atoms with Crippen LogP contribution in [0.25, 0.3) is 10.4 Å². The highest BCUT2D eigenvalue weighted by atomic mass is 32.2. The van der Waals surface area contributed by atoms with Crippen LogP contribution in [0.2, 0.25) is 0 Å². The van der Waals surface area contributed by atoms with Crippen LogP contribution in [0.4, 0.5) is 0 Å². The molecule has 0 radical (unpaired) electrons. The Morgan fingerprint density at radius 2 is 2.03 bits per heavy atom. The number of thiazole rings is 1. The van der Waals surface area contributed by atoms with E-state index in [1.54, 1.807) is 31.5 Å². The number of hydrogen-bond donors (Lipinski definition) is 2. The highest BCUT2D eigenvalue weighted by Gasteiger charge is 2.49. The van der Waals surface area contributed by atoms with Crippen LogP contribution in [0.15, 0.2) is 34.8 Å². The summed E-state index contributed by atoms with van der Waals surface area (Å²) in [5.74, 6) is -0.403. The molecule has 10 nitrogen and oxygen atoms in total. The fourth-order valence-electron chi connectivity index (χ4n) is 5.60. The number of benzene rings is 1. The Morgan fingerprint density at radius 3 is 2.68 bits per heavy atom. The number of nitrogens with one attached hydrogen (secondary N) is 1. The molecule has 2 aromatic rings. The lowest BCUT2D eigenvalue weighted by Crippen LogP contribution is -2.57. The number of β-amino-alcohol motifs (C(OH)–C–C–N with tert-alkyl or cyclic N) is 1. The molecule has 4 unspecified atom stereocenters. The van der Waals surface area contributed by atoms with E-state index in [-0.39, 0.29) is 31.2 Å². The predicted octanol–water partition coefficient (Wildman–Crippen LogP) is -0.0923. The maximum absolute atomic E-state index is 13.7. The number of aliphatic hydroxyl groups is 1.